The van der Waals surface area contributed by atoms with Crippen molar-refractivity contribution in [3.63, 3.8) is 0 Å². The standard InChI is InChI=1S/C40H72N2O14/c1-35(43)41-33-36-30-37(32-38(31-36)40(2,3)4)34-42-39(44)6-7-46-10-11-48-14-15-50-18-19-52-22-23-54-26-27-56-29-28-55-25-24-53-21-20-51-17-16-49-13-12-47-9-8-45-5/h30-32H,6-29,33-34H2,1-5H3,(H,41,43)(H,42,44). The fourth-order valence-corrected chi connectivity index (χ4v) is 4.52. The van der Waals surface area contributed by atoms with E-state index in [-0.39, 0.29) is 23.7 Å². The first-order valence-corrected chi connectivity index (χ1v) is 19.7. The van der Waals surface area contributed by atoms with Crippen molar-refractivity contribution < 1.29 is 66.4 Å². The molecule has 1 aromatic carbocycles. The van der Waals surface area contributed by atoms with Gasteiger partial charge < -0.3 is 67.5 Å². The lowest BCUT2D eigenvalue weighted by molar-refractivity contribution is -0.122. The largest absolute Gasteiger partial charge is 0.382 e. The second-order valence-corrected chi connectivity index (χ2v) is 13.5. The summed E-state index contributed by atoms with van der Waals surface area (Å²) in [6.07, 6.45) is 0.261. The van der Waals surface area contributed by atoms with E-state index in [0.717, 1.165) is 16.7 Å². The Bertz CT molecular complexity index is 1080. The van der Waals surface area contributed by atoms with Gasteiger partial charge in [0.2, 0.25) is 11.8 Å². The van der Waals surface area contributed by atoms with Crippen molar-refractivity contribution in [2.75, 3.05) is 159 Å². The second-order valence-electron chi connectivity index (χ2n) is 13.5. The van der Waals surface area contributed by atoms with Gasteiger partial charge in [-0.25, -0.2) is 0 Å². The third kappa shape index (κ3) is 33.8. The number of hydrogen-bond donors (Lipinski definition) is 2. The number of carbonyl (C=O) groups is 2. The smallest absolute Gasteiger partial charge is 0.222 e. The molecule has 0 aliphatic rings. The zero-order valence-electron chi connectivity index (χ0n) is 34.8. The molecule has 16 heteroatoms. The molecule has 0 bridgehead atoms. The molecule has 326 valence electrons. The number of benzene rings is 1. The van der Waals surface area contributed by atoms with Crippen LogP contribution in [0.3, 0.4) is 0 Å². The maximum Gasteiger partial charge on any atom is 0.222 e. The number of rotatable bonds is 40. The highest BCUT2D eigenvalue weighted by Crippen LogP contribution is 2.25. The molecule has 56 heavy (non-hydrogen) atoms. The van der Waals surface area contributed by atoms with Crippen LogP contribution < -0.4 is 10.6 Å². The Labute approximate surface area is 335 Å². The topological polar surface area (TPSA) is 169 Å². The summed E-state index contributed by atoms with van der Waals surface area (Å²) in [5.41, 5.74) is 3.09. The minimum atomic E-state index is -0.0867. The summed E-state index contributed by atoms with van der Waals surface area (Å²) in [4.78, 5) is 23.7. The SMILES string of the molecule is COCCOCCOCCOCCOCCOCCOCCOCCOCCOCCOCCOCCC(=O)NCc1cc(CNC(C)=O)cc(C(C)(C)C)c1. The van der Waals surface area contributed by atoms with Gasteiger partial charge in [0.15, 0.2) is 0 Å². The average molecular weight is 805 g/mol. The first kappa shape index (κ1) is 51.7. The van der Waals surface area contributed by atoms with E-state index in [1.807, 2.05) is 6.07 Å². The summed E-state index contributed by atoms with van der Waals surface area (Å²) in [5.74, 6) is -0.165. The molecule has 0 aromatic heterocycles. The van der Waals surface area contributed by atoms with Gasteiger partial charge in [0, 0.05) is 33.5 Å². The molecule has 0 saturated carbocycles. The third-order valence-corrected chi connectivity index (χ3v) is 7.58. The van der Waals surface area contributed by atoms with Crippen molar-refractivity contribution in [2.24, 2.45) is 0 Å². The molecule has 1 aromatic rings. The predicted octanol–water partition coefficient (Wildman–Crippen LogP) is 2.46. The maximum atomic E-state index is 12.3. The molecule has 0 aliphatic carbocycles. The molecule has 0 radical (unpaired) electrons. The van der Waals surface area contributed by atoms with Crippen molar-refractivity contribution in [1.82, 2.24) is 10.6 Å². The molecule has 0 heterocycles. The van der Waals surface area contributed by atoms with Crippen molar-refractivity contribution in [2.45, 2.75) is 52.6 Å². The van der Waals surface area contributed by atoms with E-state index >= 15 is 0 Å². The van der Waals surface area contributed by atoms with Crippen LogP contribution in [0.25, 0.3) is 0 Å². The molecule has 0 unspecified atom stereocenters. The molecular weight excluding hydrogens is 732 g/mol. The Balaban J connectivity index is 1.79. The van der Waals surface area contributed by atoms with E-state index in [0.29, 0.717) is 165 Å². The van der Waals surface area contributed by atoms with Gasteiger partial charge in [-0.15, -0.1) is 0 Å². The number of hydrogen-bond acceptors (Lipinski definition) is 14. The molecule has 16 nitrogen and oxygen atoms in total. The van der Waals surface area contributed by atoms with Gasteiger partial charge in [-0.05, 0) is 22.1 Å². The quantitative estimate of drug-likeness (QED) is 0.0929. The van der Waals surface area contributed by atoms with Crippen LogP contribution >= 0.6 is 0 Å². The Morgan fingerprint density at radius 2 is 0.732 bits per heavy atom. The van der Waals surface area contributed by atoms with Crippen LogP contribution in [0.4, 0.5) is 0 Å². The van der Waals surface area contributed by atoms with E-state index < -0.39 is 0 Å². The Morgan fingerprint density at radius 1 is 0.446 bits per heavy atom. The van der Waals surface area contributed by atoms with E-state index in [1.165, 1.54) is 6.92 Å². The fraction of sp³-hybridized carbons (Fsp3) is 0.800. The van der Waals surface area contributed by atoms with Gasteiger partial charge in [-0.3, -0.25) is 9.59 Å². The van der Waals surface area contributed by atoms with E-state index in [1.54, 1.807) is 7.11 Å². The van der Waals surface area contributed by atoms with Crippen molar-refractivity contribution in [3.8, 4) is 0 Å². The zero-order valence-corrected chi connectivity index (χ0v) is 34.8. The van der Waals surface area contributed by atoms with Crippen LogP contribution in [0.5, 0.6) is 0 Å². The van der Waals surface area contributed by atoms with Crippen LogP contribution in [0.2, 0.25) is 0 Å². The zero-order chi connectivity index (χ0) is 40.8. The van der Waals surface area contributed by atoms with Gasteiger partial charge in [0.25, 0.3) is 0 Å². The lowest BCUT2D eigenvalue weighted by atomic mass is 9.85. The Hall–Kier alpha value is -2.32. The van der Waals surface area contributed by atoms with Crippen molar-refractivity contribution in [3.05, 3.63) is 34.9 Å². The molecule has 0 spiro atoms. The van der Waals surface area contributed by atoms with Crippen LogP contribution in [0.15, 0.2) is 18.2 Å². The first-order valence-electron chi connectivity index (χ1n) is 19.7. The maximum absolute atomic E-state index is 12.3. The van der Waals surface area contributed by atoms with Crippen molar-refractivity contribution >= 4 is 11.8 Å². The van der Waals surface area contributed by atoms with Gasteiger partial charge >= 0.3 is 0 Å². The van der Waals surface area contributed by atoms with Gasteiger partial charge in [-0.2, -0.15) is 0 Å². The molecule has 0 fully saturated rings. The number of amides is 2. The normalized spacial score (nSPS) is 11.7. The molecule has 0 saturated heterocycles. The molecule has 2 amide bonds. The number of methoxy groups -OCH3 is 1. The van der Waals surface area contributed by atoms with E-state index in [4.69, 9.17) is 56.8 Å². The molecule has 0 aliphatic heterocycles. The van der Waals surface area contributed by atoms with Crippen LogP contribution in [-0.4, -0.2) is 171 Å². The summed E-state index contributed by atoms with van der Waals surface area (Å²) in [5, 5.41) is 5.80. The molecule has 0 atom stereocenters. The van der Waals surface area contributed by atoms with Crippen LogP contribution in [-0.2, 0) is 84.9 Å². The summed E-state index contributed by atoms with van der Waals surface area (Å²) < 4.78 is 65.1. The summed E-state index contributed by atoms with van der Waals surface area (Å²) in [6.45, 7) is 20.0. The number of nitrogens with one attached hydrogen (secondary N) is 2. The molecular formula is C40H72N2O14. The van der Waals surface area contributed by atoms with Gasteiger partial charge in [0.1, 0.15) is 0 Å². The lowest BCUT2D eigenvalue weighted by Gasteiger charge is -2.21. The summed E-state index contributed by atoms with van der Waals surface area (Å²) in [7, 11) is 1.64. The minimum Gasteiger partial charge on any atom is -0.382 e. The van der Waals surface area contributed by atoms with E-state index in [2.05, 4.69) is 43.5 Å². The summed E-state index contributed by atoms with van der Waals surface area (Å²) >= 11 is 0. The van der Waals surface area contributed by atoms with E-state index in [9.17, 15) is 9.59 Å². The Kier molecular flexibility index (Phi) is 34.1. The minimum absolute atomic E-state index is 0.0539. The highest BCUT2D eigenvalue weighted by atomic mass is 16.6. The molecule has 2 N–H and O–H groups in total. The second kappa shape index (κ2) is 37.0. The molecule has 1 rings (SSSR count). The van der Waals surface area contributed by atoms with Gasteiger partial charge in [-0.1, -0.05) is 39.0 Å². The predicted molar refractivity (Wildman–Crippen MR) is 210 cm³/mol. The monoisotopic (exact) mass is 804 g/mol. The van der Waals surface area contributed by atoms with Gasteiger partial charge in [0.05, 0.1) is 152 Å². The van der Waals surface area contributed by atoms with Crippen molar-refractivity contribution in [1.29, 1.82) is 0 Å². The lowest BCUT2D eigenvalue weighted by Crippen LogP contribution is -2.25. The summed E-state index contributed by atoms with van der Waals surface area (Å²) in [6, 6.07) is 6.20. The Morgan fingerprint density at radius 3 is 1.02 bits per heavy atom. The number of ether oxygens (including phenoxy) is 12. The highest BCUT2D eigenvalue weighted by Gasteiger charge is 2.16. The highest BCUT2D eigenvalue weighted by molar-refractivity contribution is 5.76. The number of carbonyl (C=O) groups excluding carboxylic acids is 2. The average Bonchev–Trinajstić information content (AvgIpc) is 3.17. The van der Waals surface area contributed by atoms with Crippen LogP contribution in [0, 0.1) is 0 Å². The third-order valence-electron chi connectivity index (χ3n) is 7.58. The van der Waals surface area contributed by atoms with Crippen LogP contribution in [0.1, 0.15) is 50.8 Å². The first-order chi connectivity index (χ1) is 27.2. The fourth-order valence-electron chi connectivity index (χ4n) is 4.52.